The molecule has 0 aliphatic rings. The first kappa shape index (κ1) is 14.7. The molecule has 4 heteroatoms. The van der Waals surface area contributed by atoms with E-state index >= 15 is 0 Å². The minimum absolute atomic E-state index is 0.130. The number of nitrogens with one attached hydrogen (secondary N) is 1. The van der Waals surface area contributed by atoms with Gasteiger partial charge in [0.1, 0.15) is 0 Å². The Morgan fingerprint density at radius 3 is 2.72 bits per heavy atom. The molecular formula is C14H18ClNO2. The number of aliphatic hydroxyl groups excluding tert-OH is 1. The van der Waals surface area contributed by atoms with Crippen molar-refractivity contribution in [3.05, 3.63) is 40.9 Å². The zero-order valence-electron chi connectivity index (χ0n) is 10.4. The van der Waals surface area contributed by atoms with Crippen molar-refractivity contribution in [2.75, 3.05) is 13.2 Å². The van der Waals surface area contributed by atoms with Gasteiger partial charge >= 0.3 is 0 Å². The third-order valence-corrected chi connectivity index (χ3v) is 2.80. The maximum Gasteiger partial charge on any atom is 0.244 e. The molecule has 1 amide bonds. The molecule has 1 atom stereocenters. The highest BCUT2D eigenvalue weighted by Crippen LogP contribution is 2.10. The van der Waals surface area contributed by atoms with Crippen LogP contribution in [0.15, 0.2) is 30.3 Å². The predicted molar refractivity (Wildman–Crippen MR) is 74.4 cm³/mol. The Morgan fingerprint density at radius 1 is 1.44 bits per heavy atom. The Hall–Kier alpha value is -1.32. The summed E-state index contributed by atoms with van der Waals surface area (Å²) in [6.07, 6.45) is 3.93. The van der Waals surface area contributed by atoms with Crippen LogP contribution < -0.4 is 5.32 Å². The van der Waals surface area contributed by atoms with Crippen LogP contribution in [0.5, 0.6) is 0 Å². The molecule has 0 aliphatic heterocycles. The van der Waals surface area contributed by atoms with Crippen LogP contribution in [0.4, 0.5) is 0 Å². The highest BCUT2D eigenvalue weighted by Gasteiger charge is 2.02. The smallest absolute Gasteiger partial charge is 0.244 e. The summed E-state index contributed by atoms with van der Waals surface area (Å²) in [7, 11) is 0. The maximum atomic E-state index is 11.5. The largest absolute Gasteiger partial charge is 0.396 e. The molecule has 1 aromatic carbocycles. The van der Waals surface area contributed by atoms with E-state index in [9.17, 15) is 4.79 Å². The number of hydrogen-bond acceptors (Lipinski definition) is 2. The fraction of sp³-hybridized carbons (Fsp3) is 0.357. The van der Waals surface area contributed by atoms with Crippen LogP contribution in [-0.2, 0) is 4.79 Å². The van der Waals surface area contributed by atoms with Gasteiger partial charge in [0.15, 0.2) is 0 Å². The van der Waals surface area contributed by atoms with E-state index in [1.807, 2.05) is 19.1 Å². The fourth-order valence-electron chi connectivity index (χ4n) is 1.40. The quantitative estimate of drug-likeness (QED) is 0.778. The summed E-state index contributed by atoms with van der Waals surface area (Å²) in [5.74, 6) is 0.151. The number of rotatable bonds is 6. The van der Waals surface area contributed by atoms with Crippen LogP contribution in [0.1, 0.15) is 18.9 Å². The second-order valence-corrected chi connectivity index (χ2v) is 4.68. The lowest BCUT2D eigenvalue weighted by atomic mass is 10.1. The summed E-state index contributed by atoms with van der Waals surface area (Å²) < 4.78 is 0. The third-order valence-electron chi connectivity index (χ3n) is 2.54. The Labute approximate surface area is 112 Å². The molecule has 0 heterocycles. The molecule has 0 spiro atoms. The molecule has 0 fully saturated rings. The van der Waals surface area contributed by atoms with E-state index in [1.54, 1.807) is 18.2 Å². The summed E-state index contributed by atoms with van der Waals surface area (Å²) in [5.41, 5.74) is 0.929. The number of halogens is 1. The average molecular weight is 268 g/mol. The average Bonchev–Trinajstić information content (AvgIpc) is 2.36. The lowest BCUT2D eigenvalue weighted by Gasteiger charge is -2.09. The molecule has 1 aromatic rings. The lowest BCUT2D eigenvalue weighted by molar-refractivity contribution is -0.116. The number of hydrogen-bond donors (Lipinski definition) is 2. The van der Waals surface area contributed by atoms with Crippen molar-refractivity contribution in [2.24, 2.45) is 5.92 Å². The molecule has 2 N–H and O–H groups in total. The Kier molecular flexibility index (Phi) is 6.47. The third kappa shape index (κ3) is 5.84. The summed E-state index contributed by atoms with van der Waals surface area (Å²) in [6.45, 7) is 2.71. The van der Waals surface area contributed by atoms with Gasteiger partial charge in [-0.25, -0.2) is 0 Å². The van der Waals surface area contributed by atoms with Gasteiger partial charge in [0.25, 0.3) is 0 Å². The Morgan fingerprint density at radius 2 is 2.11 bits per heavy atom. The van der Waals surface area contributed by atoms with Crippen molar-refractivity contribution < 1.29 is 9.90 Å². The SMILES string of the molecule is CC(CCO)CNC(=O)C=Cc1ccc(Cl)cc1. The summed E-state index contributed by atoms with van der Waals surface area (Å²) in [5, 5.41) is 12.2. The second kappa shape index (κ2) is 7.90. The first-order valence-electron chi connectivity index (χ1n) is 5.94. The molecule has 1 unspecified atom stereocenters. The normalized spacial score (nSPS) is 12.6. The van der Waals surface area contributed by atoms with Gasteiger partial charge in [-0.1, -0.05) is 30.7 Å². The van der Waals surface area contributed by atoms with Gasteiger partial charge in [0.2, 0.25) is 5.91 Å². The molecule has 0 aromatic heterocycles. The molecule has 0 radical (unpaired) electrons. The van der Waals surface area contributed by atoms with Crippen LogP contribution in [-0.4, -0.2) is 24.2 Å². The summed E-state index contributed by atoms with van der Waals surface area (Å²) in [6, 6.07) is 7.26. The van der Waals surface area contributed by atoms with Gasteiger partial charge in [0, 0.05) is 24.3 Å². The molecular weight excluding hydrogens is 250 g/mol. The topological polar surface area (TPSA) is 49.3 Å². The van der Waals surface area contributed by atoms with Crippen molar-refractivity contribution in [2.45, 2.75) is 13.3 Å². The van der Waals surface area contributed by atoms with Crippen LogP contribution in [0, 0.1) is 5.92 Å². The van der Waals surface area contributed by atoms with E-state index in [-0.39, 0.29) is 18.4 Å². The van der Waals surface area contributed by atoms with Gasteiger partial charge in [0.05, 0.1) is 0 Å². The van der Waals surface area contributed by atoms with Gasteiger partial charge in [-0.3, -0.25) is 4.79 Å². The number of benzene rings is 1. The van der Waals surface area contributed by atoms with Crippen LogP contribution in [0.25, 0.3) is 6.08 Å². The van der Waals surface area contributed by atoms with Gasteiger partial charge in [-0.15, -0.1) is 0 Å². The first-order valence-corrected chi connectivity index (χ1v) is 6.32. The number of carbonyl (C=O) groups excluding carboxylic acids is 1. The molecule has 0 bridgehead atoms. The first-order chi connectivity index (χ1) is 8.61. The van der Waals surface area contributed by atoms with Crippen molar-refractivity contribution >= 4 is 23.6 Å². The number of aliphatic hydroxyl groups is 1. The molecule has 0 saturated heterocycles. The number of amides is 1. The molecule has 3 nitrogen and oxygen atoms in total. The minimum Gasteiger partial charge on any atom is -0.396 e. The van der Waals surface area contributed by atoms with E-state index < -0.39 is 0 Å². The zero-order chi connectivity index (χ0) is 13.4. The van der Waals surface area contributed by atoms with E-state index in [0.717, 1.165) is 5.56 Å². The minimum atomic E-state index is -0.130. The molecule has 1 rings (SSSR count). The standard InChI is InChI=1S/C14H18ClNO2/c1-11(8-9-17)10-16-14(18)7-4-12-2-5-13(15)6-3-12/h2-7,11,17H,8-10H2,1H3,(H,16,18). The van der Waals surface area contributed by atoms with Crippen molar-refractivity contribution in [1.82, 2.24) is 5.32 Å². The fourth-order valence-corrected chi connectivity index (χ4v) is 1.53. The maximum absolute atomic E-state index is 11.5. The number of carbonyl (C=O) groups is 1. The molecule has 98 valence electrons. The van der Waals surface area contributed by atoms with Crippen LogP contribution >= 0.6 is 11.6 Å². The van der Waals surface area contributed by atoms with E-state index in [1.165, 1.54) is 6.08 Å². The predicted octanol–water partition coefficient (Wildman–Crippen LogP) is 2.49. The second-order valence-electron chi connectivity index (χ2n) is 4.25. The van der Waals surface area contributed by atoms with E-state index in [0.29, 0.717) is 18.0 Å². The molecule has 0 saturated carbocycles. The Balaban J connectivity index is 2.37. The van der Waals surface area contributed by atoms with Gasteiger partial charge in [-0.05, 0) is 36.1 Å². The Bertz CT molecular complexity index is 401. The highest BCUT2D eigenvalue weighted by atomic mass is 35.5. The summed E-state index contributed by atoms with van der Waals surface area (Å²) in [4.78, 5) is 11.5. The lowest BCUT2D eigenvalue weighted by Crippen LogP contribution is -2.26. The van der Waals surface area contributed by atoms with Crippen LogP contribution in [0.2, 0.25) is 5.02 Å². The van der Waals surface area contributed by atoms with Crippen LogP contribution in [0.3, 0.4) is 0 Å². The van der Waals surface area contributed by atoms with Crippen molar-refractivity contribution in [1.29, 1.82) is 0 Å². The van der Waals surface area contributed by atoms with Crippen molar-refractivity contribution in [3.8, 4) is 0 Å². The highest BCUT2D eigenvalue weighted by molar-refractivity contribution is 6.30. The van der Waals surface area contributed by atoms with E-state index in [2.05, 4.69) is 5.32 Å². The van der Waals surface area contributed by atoms with Crippen molar-refractivity contribution in [3.63, 3.8) is 0 Å². The van der Waals surface area contributed by atoms with E-state index in [4.69, 9.17) is 16.7 Å². The zero-order valence-corrected chi connectivity index (χ0v) is 11.2. The summed E-state index contributed by atoms with van der Waals surface area (Å²) >= 11 is 5.76. The van der Waals surface area contributed by atoms with Gasteiger partial charge < -0.3 is 10.4 Å². The molecule has 0 aliphatic carbocycles. The van der Waals surface area contributed by atoms with Gasteiger partial charge in [-0.2, -0.15) is 0 Å². The monoisotopic (exact) mass is 267 g/mol. The molecule has 18 heavy (non-hydrogen) atoms.